The third-order valence-electron chi connectivity index (χ3n) is 2.47. The Labute approximate surface area is 93.0 Å². The van der Waals surface area contributed by atoms with Crippen molar-refractivity contribution in [1.29, 1.82) is 0 Å². The van der Waals surface area contributed by atoms with Gasteiger partial charge in [0.1, 0.15) is 11.6 Å². The van der Waals surface area contributed by atoms with Crippen LogP contribution in [0.1, 0.15) is 44.3 Å². The zero-order valence-corrected chi connectivity index (χ0v) is 10.3. The second-order valence-corrected chi connectivity index (χ2v) is 4.95. The molecule has 3 nitrogen and oxygen atoms in total. The standard InChI is InChI=1S/C10H16BrN3/c1-7(2)6-14-9(5-11)12-13-10(14)8-3-4-8/h7-8H,3-6H2,1-2H3. The Balaban J connectivity index is 2.25. The summed E-state index contributed by atoms with van der Waals surface area (Å²) in [5, 5.41) is 9.31. The molecular formula is C10H16BrN3. The topological polar surface area (TPSA) is 30.7 Å². The normalized spacial score (nSPS) is 16.6. The van der Waals surface area contributed by atoms with E-state index in [4.69, 9.17) is 0 Å². The van der Waals surface area contributed by atoms with Gasteiger partial charge in [0.2, 0.25) is 0 Å². The quantitative estimate of drug-likeness (QED) is 0.777. The average molecular weight is 258 g/mol. The maximum atomic E-state index is 4.28. The number of halogens is 1. The van der Waals surface area contributed by atoms with Crippen molar-refractivity contribution in [2.45, 2.75) is 44.5 Å². The van der Waals surface area contributed by atoms with Crippen LogP contribution in [0.5, 0.6) is 0 Å². The van der Waals surface area contributed by atoms with Crippen LogP contribution in [0, 0.1) is 5.92 Å². The maximum Gasteiger partial charge on any atom is 0.143 e. The van der Waals surface area contributed by atoms with Gasteiger partial charge in [-0.25, -0.2) is 0 Å². The zero-order chi connectivity index (χ0) is 10.1. The molecule has 2 rings (SSSR count). The summed E-state index contributed by atoms with van der Waals surface area (Å²) in [7, 11) is 0. The molecule has 0 N–H and O–H groups in total. The van der Waals surface area contributed by atoms with Crippen LogP contribution < -0.4 is 0 Å². The fourth-order valence-electron chi connectivity index (χ4n) is 1.66. The van der Waals surface area contributed by atoms with Gasteiger partial charge in [0.25, 0.3) is 0 Å². The molecule has 0 spiro atoms. The summed E-state index contributed by atoms with van der Waals surface area (Å²) in [6, 6.07) is 0. The molecule has 1 aliphatic rings. The van der Waals surface area contributed by atoms with Gasteiger partial charge in [0, 0.05) is 12.5 Å². The Morgan fingerprint density at radius 1 is 1.43 bits per heavy atom. The predicted octanol–water partition coefficient (Wildman–Crippen LogP) is 2.71. The summed E-state index contributed by atoms with van der Waals surface area (Å²) >= 11 is 3.46. The summed E-state index contributed by atoms with van der Waals surface area (Å²) in [5.41, 5.74) is 0. The minimum absolute atomic E-state index is 0.654. The van der Waals surface area contributed by atoms with Gasteiger partial charge < -0.3 is 4.57 Å². The Morgan fingerprint density at radius 2 is 2.14 bits per heavy atom. The van der Waals surface area contributed by atoms with E-state index in [1.165, 1.54) is 18.7 Å². The highest BCUT2D eigenvalue weighted by molar-refractivity contribution is 9.08. The Hall–Kier alpha value is -0.380. The second-order valence-electron chi connectivity index (χ2n) is 4.39. The van der Waals surface area contributed by atoms with Crippen molar-refractivity contribution < 1.29 is 0 Å². The molecule has 0 unspecified atom stereocenters. The van der Waals surface area contributed by atoms with Gasteiger partial charge in [-0.3, -0.25) is 0 Å². The number of alkyl halides is 1. The first-order chi connectivity index (χ1) is 6.72. The number of aromatic nitrogens is 3. The van der Waals surface area contributed by atoms with E-state index in [0.717, 1.165) is 17.7 Å². The summed E-state index contributed by atoms with van der Waals surface area (Å²) in [5.74, 6) is 3.61. The molecule has 0 radical (unpaired) electrons. The van der Waals surface area contributed by atoms with Crippen LogP contribution in [0.2, 0.25) is 0 Å². The fourth-order valence-corrected chi connectivity index (χ4v) is 2.07. The van der Waals surface area contributed by atoms with Gasteiger partial charge >= 0.3 is 0 Å². The molecule has 1 heterocycles. The molecule has 0 aromatic carbocycles. The number of hydrogen-bond donors (Lipinski definition) is 0. The van der Waals surface area contributed by atoms with E-state index >= 15 is 0 Å². The van der Waals surface area contributed by atoms with E-state index in [1.54, 1.807) is 0 Å². The van der Waals surface area contributed by atoms with E-state index in [-0.39, 0.29) is 0 Å². The van der Waals surface area contributed by atoms with Crippen LogP contribution >= 0.6 is 15.9 Å². The number of hydrogen-bond acceptors (Lipinski definition) is 2. The number of nitrogens with zero attached hydrogens (tertiary/aromatic N) is 3. The first-order valence-electron chi connectivity index (χ1n) is 5.20. The SMILES string of the molecule is CC(C)Cn1c(CBr)nnc1C1CC1. The minimum Gasteiger partial charge on any atom is -0.314 e. The highest BCUT2D eigenvalue weighted by Gasteiger charge is 2.30. The van der Waals surface area contributed by atoms with Crippen molar-refractivity contribution in [3.05, 3.63) is 11.6 Å². The highest BCUT2D eigenvalue weighted by atomic mass is 79.9. The van der Waals surface area contributed by atoms with Crippen LogP contribution in [-0.4, -0.2) is 14.8 Å². The van der Waals surface area contributed by atoms with E-state index in [2.05, 4.69) is 44.5 Å². The predicted molar refractivity (Wildman–Crippen MR) is 59.5 cm³/mol. The van der Waals surface area contributed by atoms with Gasteiger partial charge in [0.15, 0.2) is 0 Å². The lowest BCUT2D eigenvalue weighted by molar-refractivity contribution is 0.497. The van der Waals surface area contributed by atoms with Crippen molar-refractivity contribution in [3.63, 3.8) is 0 Å². The summed E-state index contributed by atoms with van der Waals surface area (Å²) in [6.45, 7) is 5.50. The van der Waals surface area contributed by atoms with Crippen molar-refractivity contribution in [2.75, 3.05) is 0 Å². The van der Waals surface area contributed by atoms with Crippen LogP contribution in [0.25, 0.3) is 0 Å². The smallest absolute Gasteiger partial charge is 0.143 e. The largest absolute Gasteiger partial charge is 0.314 e. The lowest BCUT2D eigenvalue weighted by Crippen LogP contribution is -2.10. The van der Waals surface area contributed by atoms with E-state index in [9.17, 15) is 0 Å². The van der Waals surface area contributed by atoms with Crippen LogP contribution in [0.3, 0.4) is 0 Å². The Kier molecular flexibility index (Phi) is 2.91. The third-order valence-corrected chi connectivity index (χ3v) is 2.97. The van der Waals surface area contributed by atoms with E-state index in [1.807, 2.05) is 0 Å². The van der Waals surface area contributed by atoms with Crippen LogP contribution in [0.15, 0.2) is 0 Å². The second kappa shape index (κ2) is 4.01. The van der Waals surface area contributed by atoms with Crippen molar-refractivity contribution in [1.82, 2.24) is 14.8 Å². The molecule has 1 fully saturated rings. The van der Waals surface area contributed by atoms with E-state index in [0.29, 0.717) is 11.8 Å². The van der Waals surface area contributed by atoms with Crippen molar-refractivity contribution in [2.24, 2.45) is 5.92 Å². The molecule has 0 saturated heterocycles. The van der Waals surface area contributed by atoms with Gasteiger partial charge in [-0.15, -0.1) is 10.2 Å². The molecule has 0 aliphatic heterocycles. The van der Waals surface area contributed by atoms with Gasteiger partial charge in [0.05, 0.1) is 5.33 Å². The summed E-state index contributed by atoms with van der Waals surface area (Å²) < 4.78 is 2.29. The summed E-state index contributed by atoms with van der Waals surface area (Å²) in [6.07, 6.45) is 2.58. The zero-order valence-electron chi connectivity index (χ0n) is 8.70. The molecule has 0 amide bonds. The minimum atomic E-state index is 0.654. The Bertz CT molecular complexity index is 315. The average Bonchev–Trinajstić information content (AvgIpc) is 2.89. The lowest BCUT2D eigenvalue weighted by atomic mass is 10.2. The Morgan fingerprint density at radius 3 is 2.64 bits per heavy atom. The lowest BCUT2D eigenvalue weighted by Gasteiger charge is -2.10. The monoisotopic (exact) mass is 257 g/mol. The third kappa shape index (κ3) is 2.00. The van der Waals surface area contributed by atoms with Crippen molar-refractivity contribution in [3.8, 4) is 0 Å². The molecule has 0 atom stereocenters. The fraction of sp³-hybridized carbons (Fsp3) is 0.800. The molecule has 78 valence electrons. The highest BCUT2D eigenvalue weighted by Crippen LogP contribution is 2.39. The molecule has 1 aromatic heterocycles. The van der Waals surface area contributed by atoms with Gasteiger partial charge in [-0.05, 0) is 18.8 Å². The molecule has 14 heavy (non-hydrogen) atoms. The maximum absolute atomic E-state index is 4.28. The van der Waals surface area contributed by atoms with Crippen LogP contribution in [0.4, 0.5) is 0 Å². The van der Waals surface area contributed by atoms with E-state index < -0.39 is 0 Å². The molecule has 1 aromatic rings. The molecule has 1 aliphatic carbocycles. The molecule has 0 bridgehead atoms. The van der Waals surface area contributed by atoms with Gasteiger partial charge in [-0.2, -0.15) is 0 Å². The van der Waals surface area contributed by atoms with Crippen LogP contribution in [-0.2, 0) is 11.9 Å². The van der Waals surface area contributed by atoms with Gasteiger partial charge in [-0.1, -0.05) is 29.8 Å². The summed E-state index contributed by atoms with van der Waals surface area (Å²) in [4.78, 5) is 0. The number of rotatable bonds is 4. The van der Waals surface area contributed by atoms with Crippen molar-refractivity contribution >= 4 is 15.9 Å². The first-order valence-corrected chi connectivity index (χ1v) is 6.32. The molecule has 1 saturated carbocycles. The molecular weight excluding hydrogens is 242 g/mol. The molecule has 4 heteroatoms. The first kappa shape index (κ1) is 10.1.